The van der Waals surface area contributed by atoms with Crippen LogP contribution in [-0.4, -0.2) is 79.5 Å². The van der Waals surface area contributed by atoms with Crippen LogP contribution in [0.25, 0.3) is 10.9 Å². The van der Waals surface area contributed by atoms with Gasteiger partial charge in [-0.3, -0.25) is 9.69 Å². The summed E-state index contributed by atoms with van der Waals surface area (Å²) >= 11 is 0. The van der Waals surface area contributed by atoms with E-state index in [2.05, 4.69) is 32.4 Å². The number of aromatic nitrogens is 1. The Morgan fingerprint density at radius 3 is 2.90 bits per heavy atom. The lowest BCUT2D eigenvalue weighted by Crippen LogP contribution is -2.45. The molecule has 1 saturated heterocycles. The number of amides is 1. The first-order valence-electron chi connectivity index (χ1n) is 10.7. The molecular formula is C22H34FIN6O. The third-order valence-corrected chi connectivity index (χ3v) is 5.70. The summed E-state index contributed by atoms with van der Waals surface area (Å²) in [5.41, 5.74) is 1.98. The number of carbonyl (C=O) groups excluding carboxylic acids is 1. The summed E-state index contributed by atoms with van der Waals surface area (Å²) in [6.45, 7) is 5.90. The summed E-state index contributed by atoms with van der Waals surface area (Å²) in [6.07, 6.45) is 5.03. The number of aromatic amines is 1. The Morgan fingerprint density at radius 1 is 1.35 bits per heavy atom. The maximum Gasteiger partial charge on any atom is 0.243 e. The average Bonchev–Trinajstić information content (AvgIpc) is 3.35. The van der Waals surface area contributed by atoms with Crippen molar-refractivity contribution in [2.24, 2.45) is 4.99 Å². The highest BCUT2D eigenvalue weighted by molar-refractivity contribution is 14.0. The number of nitrogens with one attached hydrogen (secondary N) is 3. The molecule has 1 aliphatic rings. The predicted octanol–water partition coefficient (Wildman–Crippen LogP) is 2.58. The first-order valence-corrected chi connectivity index (χ1v) is 10.7. The second kappa shape index (κ2) is 12.2. The largest absolute Gasteiger partial charge is 0.361 e. The highest BCUT2D eigenvalue weighted by Gasteiger charge is 2.22. The summed E-state index contributed by atoms with van der Waals surface area (Å²) in [6, 6.07) is 5.26. The van der Waals surface area contributed by atoms with Gasteiger partial charge in [-0.1, -0.05) is 6.92 Å². The van der Waals surface area contributed by atoms with Crippen molar-refractivity contribution in [3.8, 4) is 0 Å². The van der Waals surface area contributed by atoms with E-state index in [-0.39, 0.29) is 42.2 Å². The van der Waals surface area contributed by atoms with Crippen LogP contribution in [0.5, 0.6) is 0 Å². The van der Waals surface area contributed by atoms with Crippen LogP contribution in [-0.2, 0) is 11.2 Å². The quantitative estimate of drug-likeness (QED) is 0.272. The Labute approximate surface area is 200 Å². The fourth-order valence-electron chi connectivity index (χ4n) is 3.89. The first kappa shape index (κ1) is 25.4. The molecule has 1 fully saturated rings. The number of rotatable bonds is 8. The van der Waals surface area contributed by atoms with E-state index < -0.39 is 0 Å². The van der Waals surface area contributed by atoms with Crippen molar-refractivity contribution in [1.29, 1.82) is 0 Å². The molecule has 1 aromatic heterocycles. The molecule has 1 atom stereocenters. The van der Waals surface area contributed by atoms with Crippen molar-refractivity contribution in [1.82, 2.24) is 25.4 Å². The molecule has 3 rings (SSSR count). The third kappa shape index (κ3) is 7.06. The van der Waals surface area contributed by atoms with Crippen LogP contribution in [0.15, 0.2) is 29.4 Å². The Bertz CT molecular complexity index is 884. The maximum atomic E-state index is 13.6. The lowest BCUT2D eigenvalue weighted by molar-refractivity contribution is -0.127. The zero-order valence-electron chi connectivity index (χ0n) is 18.6. The smallest absolute Gasteiger partial charge is 0.243 e. The van der Waals surface area contributed by atoms with Gasteiger partial charge in [-0.2, -0.15) is 0 Å². The number of halogens is 2. The van der Waals surface area contributed by atoms with E-state index in [9.17, 15) is 9.18 Å². The summed E-state index contributed by atoms with van der Waals surface area (Å²) in [4.78, 5) is 23.6. The minimum absolute atomic E-state index is 0. The minimum atomic E-state index is -0.237. The van der Waals surface area contributed by atoms with E-state index in [4.69, 9.17) is 0 Å². The van der Waals surface area contributed by atoms with Crippen molar-refractivity contribution in [2.75, 3.05) is 46.8 Å². The fraction of sp³-hybridized carbons (Fsp3) is 0.545. The summed E-state index contributed by atoms with van der Waals surface area (Å²) < 4.78 is 13.6. The second-order valence-electron chi connectivity index (χ2n) is 7.94. The molecule has 0 saturated carbocycles. The maximum absolute atomic E-state index is 13.6. The average molecular weight is 544 g/mol. The van der Waals surface area contributed by atoms with E-state index in [0.29, 0.717) is 18.5 Å². The Balaban J connectivity index is 0.00000341. The topological polar surface area (TPSA) is 75.8 Å². The van der Waals surface area contributed by atoms with E-state index >= 15 is 0 Å². The van der Waals surface area contributed by atoms with Crippen LogP contribution in [0.3, 0.4) is 0 Å². The molecule has 2 aromatic rings. The molecule has 3 N–H and O–H groups in total. The van der Waals surface area contributed by atoms with Gasteiger partial charge in [0.1, 0.15) is 12.4 Å². The van der Waals surface area contributed by atoms with Crippen LogP contribution >= 0.6 is 24.0 Å². The van der Waals surface area contributed by atoms with Gasteiger partial charge in [0.05, 0.1) is 0 Å². The van der Waals surface area contributed by atoms with E-state index in [0.717, 1.165) is 42.5 Å². The van der Waals surface area contributed by atoms with Gasteiger partial charge in [0.2, 0.25) is 5.91 Å². The molecule has 172 valence electrons. The van der Waals surface area contributed by atoms with Crippen molar-refractivity contribution in [3.05, 3.63) is 35.8 Å². The van der Waals surface area contributed by atoms with E-state index in [1.807, 2.05) is 6.20 Å². The molecular weight excluding hydrogens is 510 g/mol. The van der Waals surface area contributed by atoms with Crippen LogP contribution in [0, 0.1) is 5.82 Å². The van der Waals surface area contributed by atoms with E-state index in [1.54, 1.807) is 26.2 Å². The number of hydrogen-bond donors (Lipinski definition) is 3. The molecule has 0 aliphatic carbocycles. The van der Waals surface area contributed by atoms with Crippen LogP contribution in [0.2, 0.25) is 0 Å². The molecule has 1 amide bonds. The molecule has 2 heterocycles. The standard InChI is InChI=1S/C22H33FN6O.HI/c1-4-29-11-5-6-18(29)14-26-22(27-15-21(30)28(2)3)24-10-9-16-13-25-20-8-7-17(23)12-19(16)20;/h7-8,12-13,18,25H,4-6,9-11,14-15H2,1-3H3,(H2,24,26,27);1H. The van der Waals surface area contributed by atoms with Gasteiger partial charge in [-0.05, 0) is 56.1 Å². The highest BCUT2D eigenvalue weighted by Crippen LogP contribution is 2.19. The van der Waals surface area contributed by atoms with Crippen LogP contribution in [0.4, 0.5) is 4.39 Å². The number of H-pyrrole nitrogens is 1. The molecule has 1 unspecified atom stereocenters. The monoisotopic (exact) mass is 544 g/mol. The Morgan fingerprint density at radius 2 is 2.16 bits per heavy atom. The lowest BCUT2D eigenvalue weighted by Gasteiger charge is -2.24. The number of guanidine groups is 1. The van der Waals surface area contributed by atoms with Crippen molar-refractivity contribution in [2.45, 2.75) is 32.2 Å². The van der Waals surface area contributed by atoms with Crippen LogP contribution in [0.1, 0.15) is 25.3 Å². The summed E-state index contributed by atoms with van der Waals surface area (Å²) in [5.74, 6) is 0.359. The second-order valence-corrected chi connectivity index (χ2v) is 7.94. The Hall–Kier alpha value is -1.88. The third-order valence-electron chi connectivity index (χ3n) is 5.70. The van der Waals surface area contributed by atoms with Gasteiger partial charge in [-0.15, -0.1) is 24.0 Å². The molecule has 0 bridgehead atoms. The van der Waals surface area contributed by atoms with Gasteiger partial charge < -0.3 is 20.5 Å². The molecule has 31 heavy (non-hydrogen) atoms. The van der Waals surface area contributed by atoms with Gasteiger partial charge in [0.15, 0.2) is 5.96 Å². The number of carbonyl (C=O) groups is 1. The number of hydrogen-bond acceptors (Lipinski definition) is 3. The van der Waals surface area contributed by atoms with Gasteiger partial charge >= 0.3 is 0 Å². The zero-order valence-corrected chi connectivity index (χ0v) is 20.9. The number of aliphatic imine (C=N–C) groups is 1. The first-order chi connectivity index (χ1) is 14.5. The van der Waals surface area contributed by atoms with Gasteiger partial charge in [0, 0.05) is 50.3 Å². The van der Waals surface area contributed by atoms with Gasteiger partial charge in [0.25, 0.3) is 0 Å². The normalized spacial score (nSPS) is 16.9. The highest BCUT2D eigenvalue weighted by atomic mass is 127. The van der Waals surface area contributed by atoms with Gasteiger partial charge in [-0.25, -0.2) is 9.38 Å². The van der Waals surface area contributed by atoms with E-state index in [1.165, 1.54) is 23.8 Å². The molecule has 0 spiro atoms. The summed E-state index contributed by atoms with van der Waals surface area (Å²) in [7, 11) is 3.46. The van der Waals surface area contributed by atoms with Crippen molar-refractivity contribution in [3.63, 3.8) is 0 Å². The molecule has 1 aliphatic heterocycles. The number of fused-ring (bicyclic) bond motifs is 1. The minimum Gasteiger partial charge on any atom is -0.361 e. The van der Waals surface area contributed by atoms with Crippen LogP contribution < -0.4 is 10.6 Å². The summed E-state index contributed by atoms with van der Waals surface area (Å²) in [5, 5.41) is 7.63. The number of likely N-dealkylation sites (N-methyl/N-ethyl adjacent to an activating group) is 2. The number of likely N-dealkylation sites (tertiary alicyclic amines) is 1. The molecule has 1 aromatic carbocycles. The molecule has 7 nitrogen and oxygen atoms in total. The zero-order chi connectivity index (χ0) is 21.5. The van der Waals surface area contributed by atoms with Crippen molar-refractivity contribution >= 4 is 46.7 Å². The number of benzene rings is 1. The SMILES string of the molecule is CCN1CCCC1CNC(=NCC(=O)N(C)C)NCCc1c[nH]c2ccc(F)cc12.I. The molecule has 9 heteroatoms. The Kier molecular flexibility index (Phi) is 10.0. The predicted molar refractivity (Wildman–Crippen MR) is 135 cm³/mol. The number of nitrogens with zero attached hydrogens (tertiary/aromatic N) is 3. The molecule has 0 radical (unpaired) electrons. The lowest BCUT2D eigenvalue weighted by atomic mass is 10.1. The fourth-order valence-corrected chi connectivity index (χ4v) is 3.89. The van der Waals surface area contributed by atoms with Crippen molar-refractivity contribution < 1.29 is 9.18 Å².